The maximum atomic E-state index is 11.9. The van der Waals surface area contributed by atoms with E-state index in [2.05, 4.69) is 13.5 Å². The maximum absolute atomic E-state index is 11.9. The Morgan fingerprint density at radius 2 is 1.64 bits per heavy atom. The lowest BCUT2D eigenvalue weighted by atomic mass is 10.1. The molecule has 0 aromatic rings. The summed E-state index contributed by atoms with van der Waals surface area (Å²) in [6.45, 7) is 12.3. The molecule has 0 radical (unpaired) electrons. The van der Waals surface area contributed by atoms with Crippen molar-refractivity contribution in [3.8, 4) is 0 Å². The van der Waals surface area contributed by atoms with Crippen molar-refractivity contribution in [3.63, 3.8) is 0 Å². The van der Waals surface area contributed by atoms with Crippen LogP contribution in [0.15, 0.2) is 12.2 Å². The number of hydrogen-bond donors (Lipinski definition) is 0. The van der Waals surface area contributed by atoms with Crippen LogP contribution >= 0.6 is 0 Å². The number of ether oxygens (including phenoxy) is 3. The predicted octanol–water partition coefficient (Wildman–Crippen LogP) is 3.72. The van der Waals surface area contributed by atoms with Crippen LogP contribution in [0.3, 0.4) is 0 Å². The summed E-state index contributed by atoms with van der Waals surface area (Å²) in [5.41, 5.74) is -0.698. The van der Waals surface area contributed by atoms with Crippen LogP contribution < -0.4 is 0 Å². The highest BCUT2D eigenvalue weighted by molar-refractivity contribution is 5.94. The molecule has 0 aromatic heterocycles. The SMILES string of the molecule is C=C(CC(=O)OC(CCC)CCCC)C(=O)OCC(=O)OC(C)(C)C. The first kappa shape index (κ1) is 23.1. The molecule has 144 valence electrons. The molecule has 6 nitrogen and oxygen atoms in total. The molecule has 0 bridgehead atoms. The Bertz CT molecular complexity index is 461. The van der Waals surface area contributed by atoms with Gasteiger partial charge in [0.15, 0.2) is 6.61 Å². The third kappa shape index (κ3) is 12.2. The van der Waals surface area contributed by atoms with Crippen molar-refractivity contribution in [1.82, 2.24) is 0 Å². The molecule has 0 aliphatic rings. The van der Waals surface area contributed by atoms with Gasteiger partial charge in [-0.1, -0.05) is 39.7 Å². The summed E-state index contributed by atoms with van der Waals surface area (Å²) in [6.07, 6.45) is 4.15. The summed E-state index contributed by atoms with van der Waals surface area (Å²) in [5, 5.41) is 0. The molecule has 6 heteroatoms. The molecule has 0 amide bonds. The Morgan fingerprint density at radius 1 is 1.00 bits per heavy atom. The van der Waals surface area contributed by atoms with Gasteiger partial charge in [0.1, 0.15) is 11.7 Å². The van der Waals surface area contributed by atoms with E-state index in [0.29, 0.717) is 0 Å². The fourth-order valence-electron chi connectivity index (χ4n) is 2.09. The highest BCUT2D eigenvalue weighted by Crippen LogP contribution is 2.14. The molecular formula is C19H32O6. The zero-order chi connectivity index (χ0) is 19.5. The van der Waals surface area contributed by atoms with E-state index in [9.17, 15) is 14.4 Å². The second-order valence-electron chi connectivity index (χ2n) is 6.99. The summed E-state index contributed by atoms with van der Waals surface area (Å²) in [4.78, 5) is 35.2. The van der Waals surface area contributed by atoms with E-state index in [1.807, 2.05) is 6.92 Å². The van der Waals surface area contributed by atoms with Crippen LogP contribution in [0.2, 0.25) is 0 Å². The molecule has 0 spiro atoms. The van der Waals surface area contributed by atoms with Crippen molar-refractivity contribution in [2.24, 2.45) is 0 Å². The maximum Gasteiger partial charge on any atom is 0.344 e. The van der Waals surface area contributed by atoms with Gasteiger partial charge in [0, 0.05) is 5.57 Å². The minimum absolute atomic E-state index is 0.0423. The second-order valence-corrected chi connectivity index (χ2v) is 6.99. The average molecular weight is 356 g/mol. The van der Waals surface area contributed by atoms with Crippen molar-refractivity contribution in [3.05, 3.63) is 12.2 Å². The largest absolute Gasteiger partial charge is 0.462 e. The minimum atomic E-state index is -0.802. The molecular weight excluding hydrogens is 324 g/mol. The third-order valence-corrected chi connectivity index (χ3v) is 3.18. The van der Waals surface area contributed by atoms with Crippen LogP contribution in [0.4, 0.5) is 0 Å². The highest BCUT2D eigenvalue weighted by atomic mass is 16.6. The summed E-state index contributed by atoms with van der Waals surface area (Å²) < 4.78 is 15.2. The van der Waals surface area contributed by atoms with E-state index in [4.69, 9.17) is 14.2 Å². The Kier molecular flexibility index (Phi) is 10.8. The first-order valence-electron chi connectivity index (χ1n) is 8.85. The lowest BCUT2D eigenvalue weighted by Gasteiger charge is -2.19. The van der Waals surface area contributed by atoms with Crippen LogP contribution in [-0.2, 0) is 28.6 Å². The summed E-state index contributed by atoms with van der Waals surface area (Å²) in [6, 6.07) is 0. The molecule has 25 heavy (non-hydrogen) atoms. The van der Waals surface area contributed by atoms with E-state index >= 15 is 0 Å². The summed E-state index contributed by atoms with van der Waals surface area (Å²) in [5.74, 6) is -1.96. The highest BCUT2D eigenvalue weighted by Gasteiger charge is 2.21. The first-order valence-corrected chi connectivity index (χ1v) is 8.85. The number of carbonyl (C=O) groups excluding carboxylic acids is 3. The third-order valence-electron chi connectivity index (χ3n) is 3.18. The number of hydrogen-bond acceptors (Lipinski definition) is 6. The molecule has 0 fully saturated rings. The Morgan fingerprint density at radius 3 is 2.16 bits per heavy atom. The molecule has 0 heterocycles. The number of carbonyl (C=O) groups is 3. The molecule has 0 rings (SSSR count). The van der Waals surface area contributed by atoms with Gasteiger partial charge in [0.2, 0.25) is 0 Å². The van der Waals surface area contributed by atoms with Gasteiger partial charge >= 0.3 is 17.9 Å². The van der Waals surface area contributed by atoms with Crippen LogP contribution in [0.25, 0.3) is 0 Å². The van der Waals surface area contributed by atoms with Gasteiger partial charge < -0.3 is 14.2 Å². The minimum Gasteiger partial charge on any atom is -0.462 e. The Hall–Kier alpha value is -1.85. The van der Waals surface area contributed by atoms with E-state index < -0.39 is 30.1 Å². The van der Waals surface area contributed by atoms with Gasteiger partial charge in [-0.3, -0.25) is 4.79 Å². The average Bonchev–Trinajstić information content (AvgIpc) is 2.48. The lowest BCUT2D eigenvalue weighted by Crippen LogP contribution is -2.28. The Balaban J connectivity index is 4.30. The molecule has 1 unspecified atom stereocenters. The smallest absolute Gasteiger partial charge is 0.344 e. The molecule has 0 N–H and O–H groups in total. The molecule has 0 aliphatic heterocycles. The molecule has 0 aliphatic carbocycles. The zero-order valence-electron chi connectivity index (χ0n) is 16.2. The van der Waals surface area contributed by atoms with E-state index in [0.717, 1.165) is 32.1 Å². The van der Waals surface area contributed by atoms with Crippen molar-refractivity contribution in [2.45, 2.75) is 84.8 Å². The van der Waals surface area contributed by atoms with E-state index in [1.165, 1.54) is 0 Å². The predicted molar refractivity (Wildman–Crippen MR) is 94.9 cm³/mol. The van der Waals surface area contributed by atoms with Gasteiger partial charge in [0.05, 0.1) is 6.42 Å². The quantitative estimate of drug-likeness (QED) is 0.319. The number of rotatable bonds is 11. The van der Waals surface area contributed by atoms with Gasteiger partial charge in [-0.15, -0.1) is 0 Å². The molecule has 1 atom stereocenters. The lowest BCUT2D eigenvalue weighted by molar-refractivity contribution is -0.165. The Labute approximate surface area is 150 Å². The van der Waals surface area contributed by atoms with Crippen LogP contribution in [-0.4, -0.2) is 36.2 Å². The fraction of sp³-hybridized carbons (Fsp3) is 0.737. The normalized spacial score (nSPS) is 12.2. The zero-order valence-corrected chi connectivity index (χ0v) is 16.2. The number of esters is 3. The summed E-state index contributed by atoms with van der Waals surface area (Å²) >= 11 is 0. The van der Waals surface area contributed by atoms with Crippen molar-refractivity contribution in [2.75, 3.05) is 6.61 Å². The van der Waals surface area contributed by atoms with Gasteiger partial charge in [-0.05, 0) is 33.6 Å². The van der Waals surface area contributed by atoms with Gasteiger partial charge in [-0.25, -0.2) is 9.59 Å². The number of unbranched alkanes of at least 4 members (excludes halogenated alkanes) is 1. The molecule has 0 saturated heterocycles. The van der Waals surface area contributed by atoms with Gasteiger partial charge in [0.25, 0.3) is 0 Å². The van der Waals surface area contributed by atoms with Crippen molar-refractivity contribution >= 4 is 17.9 Å². The summed E-state index contributed by atoms with van der Waals surface area (Å²) in [7, 11) is 0. The van der Waals surface area contributed by atoms with Crippen LogP contribution in [0.5, 0.6) is 0 Å². The van der Waals surface area contributed by atoms with E-state index in [1.54, 1.807) is 20.8 Å². The van der Waals surface area contributed by atoms with E-state index in [-0.39, 0.29) is 18.1 Å². The first-order chi connectivity index (χ1) is 11.6. The second kappa shape index (κ2) is 11.7. The van der Waals surface area contributed by atoms with Crippen LogP contribution in [0.1, 0.15) is 73.1 Å². The fourth-order valence-corrected chi connectivity index (χ4v) is 2.09. The molecule has 0 saturated carbocycles. The standard InChI is InChI=1S/C19H32O6/c1-7-9-11-15(10-8-2)24-16(20)12-14(3)18(22)23-13-17(21)25-19(4,5)6/h15H,3,7-13H2,1-2,4-6H3. The van der Waals surface area contributed by atoms with Crippen LogP contribution in [0, 0.1) is 0 Å². The monoisotopic (exact) mass is 356 g/mol. The van der Waals surface area contributed by atoms with Crippen molar-refractivity contribution in [1.29, 1.82) is 0 Å². The van der Waals surface area contributed by atoms with Crippen molar-refractivity contribution < 1.29 is 28.6 Å². The van der Waals surface area contributed by atoms with Gasteiger partial charge in [-0.2, -0.15) is 0 Å². The topological polar surface area (TPSA) is 78.9 Å². The molecule has 0 aromatic carbocycles.